The molecule has 1 aromatic heterocycles. The molecule has 0 bridgehead atoms. The molecule has 4 aromatic rings. The normalized spacial score (nSPS) is 20.0. The van der Waals surface area contributed by atoms with Crippen molar-refractivity contribution in [2.24, 2.45) is 16.8 Å². The lowest BCUT2D eigenvalue weighted by atomic mass is 9.87. The number of aromatic nitrogens is 4. The van der Waals surface area contributed by atoms with Gasteiger partial charge in [0.2, 0.25) is 17.7 Å². The van der Waals surface area contributed by atoms with Crippen LogP contribution in [0.3, 0.4) is 0 Å². The summed E-state index contributed by atoms with van der Waals surface area (Å²) in [6, 6.07) is 26.6. The van der Waals surface area contributed by atoms with Gasteiger partial charge in [0.25, 0.3) is 0 Å². The zero-order chi connectivity index (χ0) is 30.6. The Balaban J connectivity index is 1.33. The zero-order valence-corrected chi connectivity index (χ0v) is 26.2. The molecule has 3 aromatic carbocycles. The molecule has 3 unspecified atom stereocenters. The third kappa shape index (κ3) is 5.99. The van der Waals surface area contributed by atoms with Gasteiger partial charge in [-0.3, -0.25) is 9.69 Å². The van der Waals surface area contributed by atoms with Crippen molar-refractivity contribution in [1.29, 1.82) is 0 Å². The highest BCUT2D eigenvalue weighted by Gasteiger charge is 2.43. The van der Waals surface area contributed by atoms with E-state index in [9.17, 15) is 4.79 Å². The third-order valence-corrected chi connectivity index (χ3v) is 9.39. The first-order valence-corrected chi connectivity index (χ1v) is 15.7. The molecule has 2 aliphatic rings. The lowest BCUT2D eigenvalue weighted by Crippen LogP contribution is -2.55. The first-order chi connectivity index (χ1) is 21.4. The standard InChI is InChI=1S/C34H38N8OS/c1-4-41(26-12-6-5-7-13-26)34-35-30-16-10-11-25(33(44)40(2)3)21-29(30)32(43)42(34)22-23-17-19-24(20-18-23)27-14-8-9-15-28(27)31-36-38-39-37-31/h5-9,12-15,17-20,25,29-30H,4,10-11,16,21-22H2,1-3H3,(H,36,37,38,39). The Morgan fingerprint density at radius 3 is 2.39 bits per heavy atom. The van der Waals surface area contributed by atoms with Gasteiger partial charge in [-0.25, -0.2) is 4.99 Å². The number of hydrogen-bond acceptors (Lipinski definition) is 7. The average Bonchev–Trinajstić information content (AvgIpc) is 3.51. The second kappa shape index (κ2) is 13.1. The Labute approximate surface area is 264 Å². The van der Waals surface area contributed by atoms with Gasteiger partial charge < -0.3 is 9.80 Å². The summed E-state index contributed by atoms with van der Waals surface area (Å²) in [4.78, 5) is 26.9. The second-order valence-electron chi connectivity index (χ2n) is 11.7. The van der Waals surface area contributed by atoms with E-state index in [0.29, 0.717) is 18.9 Å². The molecule has 10 heteroatoms. The van der Waals surface area contributed by atoms with Crippen LogP contribution in [0.4, 0.5) is 5.69 Å². The summed E-state index contributed by atoms with van der Waals surface area (Å²) in [5, 5.41) is 14.6. The van der Waals surface area contributed by atoms with E-state index >= 15 is 0 Å². The van der Waals surface area contributed by atoms with Gasteiger partial charge in [0, 0.05) is 37.8 Å². The van der Waals surface area contributed by atoms with Gasteiger partial charge >= 0.3 is 0 Å². The summed E-state index contributed by atoms with van der Waals surface area (Å²) in [5.74, 6) is 1.42. The van der Waals surface area contributed by atoms with E-state index < -0.39 is 0 Å². The number of carbonyl (C=O) groups is 1. The molecule has 0 spiro atoms. The zero-order valence-electron chi connectivity index (χ0n) is 25.4. The van der Waals surface area contributed by atoms with Crippen LogP contribution in [0.1, 0.15) is 38.2 Å². The van der Waals surface area contributed by atoms with Crippen molar-refractivity contribution in [1.82, 2.24) is 30.4 Å². The fourth-order valence-corrected chi connectivity index (χ4v) is 6.69. The lowest BCUT2D eigenvalue weighted by Gasteiger charge is -2.40. The monoisotopic (exact) mass is 606 g/mol. The number of benzene rings is 3. The van der Waals surface area contributed by atoms with Gasteiger partial charge in [-0.2, -0.15) is 5.21 Å². The maximum absolute atomic E-state index is 14.5. The second-order valence-corrected chi connectivity index (χ2v) is 12.1. The van der Waals surface area contributed by atoms with Gasteiger partial charge in [0.1, 0.15) is 0 Å². The maximum atomic E-state index is 14.5. The summed E-state index contributed by atoms with van der Waals surface area (Å²) in [6.45, 7) is 3.24. The van der Waals surface area contributed by atoms with Gasteiger partial charge in [0.15, 0.2) is 0 Å². The first-order valence-electron chi connectivity index (χ1n) is 15.3. The average molecular weight is 607 g/mol. The molecule has 3 atom stereocenters. The quantitative estimate of drug-likeness (QED) is 0.265. The molecule has 1 N–H and O–H groups in total. The molecule has 6 rings (SSSR count). The van der Waals surface area contributed by atoms with Gasteiger partial charge in [-0.1, -0.05) is 85.4 Å². The number of hydrogen-bond donors (Lipinski definition) is 1. The van der Waals surface area contributed by atoms with Crippen molar-refractivity contribution in [3.05, 3.63) is 84.4 Å². The Kier molecular flexibility index (Phi) is 8.79. The van der Waals surface area contributed by atoms with Gasteiger partial charge in [0.05, 0.1) is 23.5 Å². The van der Waals surface area contributed by atoms with Gasteiger partial charge in [-0.05, 0) is 60.2 Å². The van der Waals surface area contributed by atoms with Crippen LogP contribution in [0.2, 0.25) is 0 Å². The Morgan fingerprint density at radius 1 is 0.977 bits per heavy atom. The van der Waals surface area contributed by atoms with E-state index in [-0.39, 0.29) is 23.8 Å². The number of para-hydroxylation sites is 1. The number of guanidine groups is 1. The highest BCUT2D eigenvalue weighted by Crippen LogP contribution is 2.37. The molecule has 1 saturated carbocycles. The largest absolute Gasteiger partial charge is 0.372 e. The minimum absolute atomic E-state index is 0.0505. The number of aromatic amines is 1. The predicted octanol–water partition coefficient (Wildman–Crippen LogP) is 5.82. The SMILES string of the molecule is CCN(C1=NC2CCCC(C(=S)N(C)C)CC2C(=O)N1Cc1ccc(-c2ccccc2-c2nn[nH]n2)cc1)c1ccccc1. The minimum Gasteiger partial charge on any atom is -0.372 e. The first kappa shape index (κ1) is 29.6. The van der Waals surface area contributed by atoms with Crippen LogP contribution in [-0.2, 0) is 11.3 Å². The van der Waals surface area contributed by atoms with Crippen LogP contribution in [0.15, 0.2) is 83.9 Å². The maximum Gasteiger partial charge on any atom is 0.234 e. The highest BCUT2D eigenvalue weighted by atomic mass is 32.1. The number of nitrogens with zero attached hydrogens (tertiary/aromatic N) is 7. The molecule has 1 amide bonds. The fourth-order valence-electron chi connectivity index (χ4n) is 6.47. The lowest BCUT2D eigenvalue weighted by molar-refractivity contribution is -0.134. The number of tetrazole rings is 1. The summed E-state index contributed by atoms with van der Waals surface area (Å²) in [6.07, 6.45) is 3.62. The highest BCUT2D eigenvalue weighted by molar-refractivity contribution is 7.80. The number of amides is 1. The van der Waals surface area contributed by atoms with E-state index in [1.54, 1.807) is 0 Å². The number of H-pyrrole nitrogens is 1. The molecule has 226 valence electrons. The molecule has 44 heavy (non-hydrogen) atoms. The van der Waals surface area contributed by atoms with E-state index in [4.69, 9.17) is 17.2 Å². The minimum atomic E-state index is -0.195. The molecule has 0 saturated heterocycles. The van der Waals surface area contributed by atoms with E-state index in [0.717, 1.165) is 64.6 Å². The number of fused-ring (bicyclic) bond motifs is 1. The smallest absolute Gasteiger partial charge is 0.234 e. The van der Waals surface area contributed by atoms with E-state index in [1.165, 1.54) is 0 Å². The summed E-state index contributed by atoms with van der Waals surface area (Å²) in [5.41, 5.74) is 5.02. The Bertz CT molecular complexity index is 1620. The fraction of sp³-hybridized carbons (Fsp3) is 0.353. The molecular formula is C34H38N8OS. The molecule has 9 nitrogen and oxygen atoms in total. The number of aliphatic imine (C=N–C) groups is 1. The number of thiocarbonyl (C=S) groups is 1. The molecule has 2 heterocycles. The summed E-state index contributed by atoms with van der Waals surface area (Å²) >= 11 is 5.80. The number of carbonyl (C=O) groups excluding carboxylic acids is 1. The molecule has 1 aliphatic heterocycles. The van der Waals surface area contributed by atoms with Crippen LogP contribution < -0.4 is 4.90 Å². The van der Waals surface area contributed by atoms with Crippen LogP contribution in [0.25, 0.3) is 22.5 Å². The molecule has 0 radical (unpaired) electrons. The summed E-state index contributed by atoms with van der Waals surface area (Å²) in [7, 11) is 4.00. The van der Waals surface area contributed by atoms with Crippen molar-refractivity contribution >= 4 is 34.8 Å². The Morgan fingerprint density at radius 2 is 1.70 bits per heavy atom. The van der Waals surface area contributed by atoms with Crippen molar-refractivity contribution in [2.45, 2.75) is 45.2 Å². The van der Waals surface area contributed by atoms with Crippen molar-refractivity contribution < 1.29 is 4.79 Å². The molecular weight excluding hydrogens is 568 g/mol. The van der Waals surface area contributed by atoms with Crippen LogP contribution in [-0.4, -0.2) is 74.0 Å². The van der Waals surface area contributed by atoms with Crippen LogP contribution >= 0.6 is 12.2 Å². The third-order valence-electron chi connectivity index (χ3n) is 8.70. The molecule has 1 fully saturated rings. The number of rotatable bonds is 7. The molecule has 1 aliphatic carbocycles. The van der Waals surface area contributed by atoms with Crippen molar-refractivity contribution in [2.75, 3.05) is 25.5 Å². The van der Waals surface area contributed by atoms with Crippen molar-refractivity contribution in [3.8, 4) is 22.5 Å². The Hall–Kier alpha value is -4.44. The van der Waals surface area contributed by atoms with Crippen LogP contribution in [0.5, 0.6) is 0 Å². The number of nitrogens with one attached hydrogen (secondary N) is 1. The predicted molar refractivity (Wildman–Crippen MR) is 178 cm³/mol. The topological polar surface area (TPSA) is 93.6 Å². The van der Waals surface area contributed by atoms with E-state index in [1.807, 2.05) is 60.3 Å². The van der Waals surface area contributed by atoms with E-state index in [2.05, 4.69) is 74.9 Å². The number of anilines is 1. The van der Waals surface area contributed by atoms with Crippen molar-refractivity contribution in [3.63, 3.8) is 0 Å². The van der Waals surface area contributed by atoms with Gasteiger partial charge in [-0.15, -0.1) is 10.2 Å². The summed E-state index contributed by atoms with van der Waals surface area (Å²) < 4.78 is 0. The van der Waals surface area contributed by atoms with Crippen LogP contribution in [0, 0.1) is 11.8 Å².